The summed E-state index contributed by atoms with van der Waals surface area (Å²) in [6, 6.07) is 0. The van der Waals surface area contributed by atoms with Crippen LogP contribution in [0.4, 0.5) is 0 Å². The van der Waals surface area contributed by atoms with Crippen LogP contribution in [0, 0.1) is 0 Å². The summed E-state index contributed by atoms with van der Waals surface area (Å²) in [5.74, 6) is 0.904. The van der Waals surface area contributed by atoms with Crippen molar-refractivity contribution in [2.45, 2.75) is 12.6 Å². The first-order chi connectivity index (χ1) is 9.15. The Bertz CT molecular complexity index is 378. The Hall–Kier alpha value is -1.02. The number of nitrogens with zero attached hydrogens (tertiary/aromatic N) is 5. The van der Waals surface area contributed by atoms with Crippen molar-refractivity contribution in [2.24, 2.45) is 7.05 Å². The highest BCUT2D eigenvalue weighted by molar-refractivity contribution is 4.84. The number of ether oxygens (including phenoxy) is 1. The second-order valence-corrected chi connectivity index (χ2v) is 5.12. The van der Waals surface area contributed by atoms with Crippen molar-refractivity contribution in [3.05, 3.63) is 12.2 Å². The third-order valence-corrected chi connectivity index (χ3v) is 3.31. The zero-order valence-corrected chi connectivity index (χ0v) is 11.7. The molecule has 1 N–H and O–H groups in total. The number of hydrogen-bond donors (Lipinski definition) is 1. The molecule has 7 heteroatoms. The van der Waals surface area contributed by atoms with Gasteiger partial charge in [0.15, 0.2) is 0 Å². The number of aromatic nitrogens is 3. The minimum atomic E-state index is -0.351. The van der Waals surface area contributed by atoms with Crippen molar-refractivity contribution in [2.75, 3.05) is 46.4 Å². The number of rotatable bonds is 6. The molecule has 0 spiro atoms. The van der Waals surface area contributed by atoms with Gasteiger partial charge < -0.3 is 14.4 Å². The van der Waals surface area contributed by atoms with Crippen LogP contribution in [0.25, 0.3) is 0 Å². The van der Waals surface area contributed by atoms with Gasteiger partial charge in [0.1, 0.15) is 12.2 Å². The van der Waals surface area contributed by atoms with Gasteiger partial charge in [0.2, 0.25) is 0 Å². The summed E-state index contributed by atoms with van der Waals surface area (Å²) in [6.45, 7) is 5.37. The van der Waals surface area contributed by atoms with Gasteiger partial charge in [0.25, 0.3) is 0 Å². The largest absolute Gasteiger partial charge is 0.390 e. The highest BCUT2D eigenvalue weighted by Crippen LogP contribution is 2.02. The molecule has 1 aromatic rings. The van der Waals surface area contributed by atoms with Crippen LogP contribution in [0.5, 0.6) is 0 Å². The van der Waals surface area contributed by atoms with Gasteiger partial charge in [-0.15, -0.1) is 10.2 Å². The number of likely N-dealkylation sites (N-methyl/N-ethyl adjacent to an activating group) is 1. The summed E-state index contributed by atoms with van der Waals surface area (Å²) in [5.41, 5.74) is 0. The lowest BCUT2D eigenvalue weighted by atomic mass is 10.3. The van der Waals surface area contributed by atoms with Crippen molar-refractivity contribution in [1.82, 2.24) is 24.6 Å². The molecule has 108 valence electrons. The maximum atomic E-state index is 10.1. The van der Waals surface area contributed by atoms with Gasteiger partial charge >= 0.3 is 0 Å². The van der Waals surface area contributed by atoms with E-state index in [9.17, 15) is 5.11 Å². The number of aliphatic hydroxyl groups is 1. The molecule has 1 aliphatic heterocycles. The summed E-state index contributed by atoms with van der Waals surface area (Å²) in [6.07, 6.45) is 1.34. The zero-order chi connectivity index (χ0) is 13.7. The van der Waals surface area contributed by atoms with E-state index in [4.69, 9.17) is 4.74 Å². The third kappa shape index (κ3) is 4.54. The van der Waals surface area contributed by atoms with Gasteiger partial charge in [-0.1, -0.05) is 0 Å². The second kappa shape index (κ2) is 6.95. The number of β-amino-alcohol motifs (C(OH)–C–C–N with tert-alkyl or cyclic N) is 1. The van der Waals surface area contributed by atoms with Crippen molar-refractivity contribution < 1.29 is 9.84 Å². The van der Waals surface area contributed by atoms with Crippen molar-refractivity contribution in [3.8, 4) is 0 Å². The minimum absolute atomic E-state index is 0.351. The summed E-state index contributed by atoms with van der Waals surface area (Å²) in [4.78, 5) is 4.31. The number of hydrogen-bond acceptors (Lipinski definition) is 6. The molecule has 19 heavy (non-hydrogen) atoms. The fourth-order valence-corrected chi connectivity index (χ4v) is 2.26. The molecule has 0 aromatic carbocycles. The van der Waals surface area contributed by atoms with Crippen molar-refractivity contribution in [3.63, 3.8) is 0 Å². The average molecular weight is 269 g/mol. The predicted molar refractivity (Wildman–Crippen MR) is 70.6 cm³/mol. The van der Waals surface area contributed by atoms with Gasteiger partial charge in [-0.3, -0.25) is 9.80 Å². The average Bonchev–Trinajstić information content (AvgIpc) is 2.76. The van der Waals surface area contributed by atoms with Crippen LogP contribution in [0.1, 0.15) is 5.82 Å². The molecule has 1 atom stereocenters. The summed E-state index contributed by atoms with van der Waals surface area (Å²) in [5, 5.41) is 18.0. The molecular formula is C12H23N5O2. The molecule has 7 nitrogen and oxygen atoms in total. The highest BCUT2D eigenvalue weighted by Gasteiger charge is 2.16. The van der Waals surface area contributed by atoms with Crippen LogP contribution < -0.4 is 0 Å². The Morgan fingerprint density at radius 2 is 2.21 bits per heavy atom. The van der Waals surface area contributed by atoms with Crippen LogP contribution >= 0.6 is 0 Å². The van der Waals surface area contributed by atoms with E-state index in [0.717, 1.165) is 32.1 Å². The third-order valence-electron chi connectivity index (χ3n) is 3.31. The number of morpholine rings is 1. The lowest BCUT2D eigenvalue weighted by molar-refractivity contribution is 0.00807. The van der Waals surface area contributed by atoms with E-state index in [1.807, 2.05) is 18.7 Å². The second-order valence-electron chi connectivity index (χ2n) is 5.12. The number of aryl methyl sites for hydroxylation is 1. The van der Waals surface area contributed by atoms with Gasteiger partial charge in [0.05, 0.1) is 25.9 Å². The lowest BCUT2D eigenvalue weighted by Gasteiger charge is -2.29. The lowest BCUT2D eigenvalue weighted by Crippen LogP contribution is -2.44. The fraction of sp³-hybridized carbons (Fsp3) is 0.833. The van der Waals surface area contributed by atoms with Crippen LogP contribution in [-0.4, -0.2) is 82.2 Å². The van der Waals surface area contributed by atoms with Crippen LogP contribution in [0.2, 0.25) is 0 Å². The first kappa shape index (κ1) is 14.4. The molecule has 0 amide bonds. The van der Waals surface area contributed by atoms with E-state index < -0.39 is 0 Å². The molecule has 2 rings (SSSR count). The van der Waals surface area contributed by atoms with E-state index in [-0.39, 0.29) is 6.10 Å². The van der Waals surface area contributed by atoms with Gasteiger partial charge in [-0.25, -0.2) is 0 Å². The summed E-state index contributed by atoms with van der Waals surface area (Å²) in [7, 11) is 3.91. The Morgan fingerprint density at radius 3 is 2.84 bits per heavy atom. The minimum Gasteiger partial charge on any atom is -0.390 e. The van der Waals surface area contributed by atoms with E-state index >= 15 is 0 Å². The molecule has 1 fully saturated rings. The van der Waals surface area contributed by atoms with Gasteiger partial charge in [0, 0.05) is 33.2 Å². The quantitative estimate of drug-likeness (QED) is 0.710. The smallest absolute Gasteiger partial charge is 0.146 e. The molecule has 1 aliphatic rings. The predicted octanol–water partition coefficient (Wildman–Crippen LogP) is -1.06. The molecule has 1 unspecified atom stereocenters. The monoisotopic (exact) mass is 269 g/mol. The van der Waals surface area contributed by atoms with E-state index in [1.54, 1.807) is 6.33 Å². The molecule has 2 heterocycles. The molecule has 1 aromatic heterocycles. The van der Waals surface area contributed by atoms with Crippen molar-refractivity contribution >= 4 is 0 Å². The van der Waals surface area contributed by atoms with E-state index in [0.29, 0.717) is 19.6 Å². The van der Waals surface area contributed by atoms with Crippen molar-refractivity contribution in [1.29, 1.82) is 0 Å². The van der Waals surface area contributed by atoms with Crippen LogP contribution in [0.3, 0.4) is 0 Å². The maximum Gasteiger partial charge on any atom is 0.146 e. The Labute approximate surface area is 113 Å². The van der Waals surface area contributed by atoms with Gasteiger partial charge in [-0.05, 0) is 7.05 Å². The maximum absolute atomic E-state index is 10.1. The standard InChI is InChI=1S/C12H23N5O2/c1-15(9-12-14-13-10-16(12)2)7-11(18)8-17-3-5-19-6-4-17/h10-11,18H,3-9H2,1-2H3. The normalized spacial score (nSPS) is 18.9. The molecule has 0 saturated carbocycles. The molecular weight excluding hydrogens is 246 g/mol. The molecule has 0 aliphatic carbocycles. The first-order valence-corrected chi connectivity index (χ1v) is 6.64. The Balaban J connectivity index is 1.72. The fourth-order valence-electron chi connectivity index (χ4n) is 2.26. The Kier molecular flexibility index (Phi) is 5.26. The van der Waals surface area contributed by atoms with Crippen LogP contribution in [0.15, 0.2) is 6.33 Å². The van der Waals surface area contributed by atoms with E-state index in [2.05, 4.69) is 20.0 Å². The molecule has 1 saturated heterocycles. The highest BCUT2D eigenvalue weighted by atomic mass is 16.5. The summed E-state index contributed by atoms with van der Waals surface area (Å²) >= 11 is 0. The first-order valence-electron chi connectivity index (χ1n) is 6.64. The zero-order valence-electron chi connectivity index (χ0n) is 11.7. The van der Waals surface area contributed by atoms with E-state index in [1.165, 1.54) is 0 Å². The molecule has 0 radical (unpaired) electrons. The van der Waals surface area contributed by atoms with Gasteiger partial charge in [-0.2, -0.15) is 0 Å². The topological polar surface area (TPSA) is 66.7 Å². The number of aliphatic hydroxyl groups excluding tert-OH is 1. The summed E-state index contributed by atoms with van der Waals surface area (Å²) < 4.78 is 7.19. The Morgan fingerprint density at radius 1 is 1.47 bits per heavy atom. The van der Waals surface area contributed by atoms with Crippen LogP contribution in [-0.2, 0) is 18.3 Å². The molecule has 0 bridgehead atoms. The SMILES string of the molecule is CN(Cc1nncn1C)CC(O)CN1CCOCC1.